The highest BCUT2D eigenvalue weighted by molar-refractivity contribution is 9.10. The molecule has 2 rings (SSSR count). The molecule has 0 aliphatic carbocycles. The second kappa shape index (κ2) is 4.93. The van der Waals surface area contributed by atoms with Crippen LogP contribution in [0.2, 0.25) is 0 Å². The number of phenolic OH excluding ortho intramolecular Hbond substituents is 1. The smallest absolute Gasteiger partial charge is 0.353 e. The van der Waals surface area contributed by atoms with E-state index in [0.717, 1.165) is 5.56 Å². The van der Waals surface area contributed by atoms with Crippen molar-refractivity contribution in [1.29, 1.82) is 0 Å². The number of halogens is 1. The van der Waals surface area contributed by atoms with Crippen LogP contribution in [0.5, 0.6) is 11.5 Å². The van der Waals surface area contributed by atoms with E-state index in [0.29, 0.717) is 21.5 Å². The van der Waals surface area contributed by atoms with Crippen LogP contribution in [0.4, 0.5) is 0 Å². The molecule has 0 fully saturated rings. The second-order valence-electron chi connectivity index (χ2n) is 3.91. The molecule has 0 bridgehead atoms. The van der Waals surface area contributed by atoms with E-state index in [2.05, 4.69) is 26.1 Å². The van der Waals surface area contributed by atoms with E-state index in [1.165, 1.54) is 13.2 Å². The average Bonchev–Trinajstić information content (AvgIpc) is 2.83. The van der Waals surface area contributed by atoms with Gasteiger partial charge in [-0.3, -0.25) is 5.10 Å². The Morgan fingerprint density at radius 3 is 2.68 bits per heavy atom. The number of carbonyl (C=O) groups is 1. The number of aromatic nitrogens is 2. The molecule has 0 radical (unpaired) electrons. The first-order chi connectivity index (χ1) is 8.95. The van der Waals surface area contributed by atoms with Crippen LogP contribution in [-0.4, -0.2) is 33.5 Å². The number of hydrogen-bond donors (Lipinski definition) is 3. The van der Waals surface area contributed by atoms with E-state index < -0.39 is 5.97 Å². The van der Waals surface area contributed by atoms with Gasteiger partial charge in [0, 0.05) is 5.56 Å². The maximum atomic E-state index is 10.8. The molecule has 0 atom stereocenters. The van der Waals surface area contributed by atoms with Gasteiger partial charge < -0.3 is 14.9 Å². The molecule has 0 amide bonds. The number of hydrogen-bond acceptors (Lipinski definition) is 4. The fourth-order valence-electron chi connectivity index (χ4n) is 1.77. The molecule has 0 spiro atoms. The summed E-state index contributed by atoms with van der Waals surface area (Å²) in [5.41, 5.74) is 1.82. The third-order valence-electron chi connectivity index (χ3n) is 2.69. The van der Waals surface area contributed by atoms with E-state index in [1.54, 1.807) is 6.07 Å². The number of carboxylic acid groups (broad SMARTS) is 1. The molecule has 19 heavy (non-hydrogen) atoms. The number of methoxy groups -OCH3 is 1. The summed E-state index contributed by atoms with van der Waals surface area (Å²) in [7, 11) is 1.46. The Morgan fingerprint density at radius 1 is 1.47 bits per heavy atom. The number of carboxylic acids is 1. The van der Waals surface area contributed by atoms with Crippen LogP contribution in [0.1, 0.15) is 16.1 Å². The Hall–Kier alpha value is -2.02. The van der Waals surface area contributed by atoms with E-state index >= 15 is 0 Å². The van der Waals surface area contributed by atoms with E-state index in [-0.39, 0.29) is 11.4 Å². The zero-order chi connectivity index (χ0) is 14.2. The van der Waals surface area contributed by atoms with Crippen LogP contribution >= 0.6 is 15.9 Å². The summed E-state index contributed by atoms with van der Waals surface area (Å²) >= 11 is 3.27. The zero-order valence-electron chi connectivity index (χ0n) is 10.2. The minimum atomic E-state index is -1.09. The maximum absolute atomic E-state index is 10.8. The first-order valence-corrected chi connectivity index (χ1v) is 6.10. The summed E-state index contributed by atoms with van der Waals surface area (Å²) < 4.78 is 5.45. The number of aromatic carboxylic acids is 1. The average molecular weight is 327 g/mol. The van der Waals surface area contributed by atoms with Gasteiger partial charge in [0.2, 0.25) is 0 Å². The molecule has 1 heterocycles. The lowest BCUT2D eigenvalue weighted by atomic mass is 10.0. The summed E-state index contributed by atoms with van der Waals surface area (Å²) in [5.74, 6) is -0.810. The van der Waals surface area contributed by atoms with Crippen molar-refractivity contribution in [2.75, 3.05) is 7.11 Å². The molecule has 0 saturated heterocycles. The molecule has 6 nitrogen and oxygen atoms in total. The molecule has 0 saturated carbocycles. The molecule has 1 aromatic carbocycles. The number of phenols is 1. The number of aromatic hydroxyl groups is 1. The lowest BCUT2D eigenvalue weighted by Gasteiger charge is -2.11. The Balaban J connectivity index is 2.61. The molecular formula is C12H11BrN2O4. The Bertz CT molecular complexity index is 651. The van der Waals surface area contributed by atoms with Crippen molar-refractivity contribution in [3.63, 3.8) is 0 Å². The normalized spacial score (nSPS) is 10.5. The Morgan fingerprint density at radius 2 is 2.16 bits per heavy atom. The topological polar surface area (TPSA) is 95.4 Å². The van der Waals surface area contributed by atoms with Crippen molar-refractivity contribution >= 4 is 21.9 Å². The lowest BCUT2D eigenvalue weighted by molar-refractivity contribution is 0.0690. The van der Waals surface area contributed by atoms with E-state index in [4.69, 9.17) is 9.84 Å². The van der Waals surface area contributed by atoms with Gasteiger partial charge in [0.1, 0.15) is 5.69 Å². The summed E-state index contributed by atoms with van der Waals surface area (Å²) in [5, 5.41) is 25.2. The molecule has 7 heteroatoms. The molecule has 2 aromatic rings. The molecule has 1 aromatic heterocycles. The first-order valence-electron chi connectivity index (χ1n) is 5.30. The van der Waals surface area contributed by atoms with Crippen LogP contribution in [0, 0.1) is 6.92 Å². The predicted octanol–water partition coefficient (Wildman–Crippen LogP) is 2.56. The van der Waals surface area contributed by atoms with Crippen LogP contribution in [0.3, 0.4) is 0 Å². The standard InChI is InChI=1S/C12H11BrN2O4/c1-5-3-8(19-2)11(16)10(13)9(5)6-4-7(12(17)18)15-14-6/h3-4,16H,1-2H3,(H,14,15)(H,17,18). The van der Waals surface area contributed by atoms with Gasteiger partial charge in [-0.15, -0.1) is 0 Å². The number of aromatic amines is 1. The third kappa shape index (κ3) is 2.28. The number of aryl methyl sites for hydroxylation is 1. The molecule has 100 valence electrons. The van der Waals surface area contributed by atoms with Gasteiger partial charge in [0.15, 0.2) is 11.5 Å². The van der Waals surface area contributed by atoms with Crippen molar-refractivity contribution in [2.45, 2.75) is 6.92 Å². The minimum absolute atomic E-state index is 0.0170. The lowest BCUT2D eigenvalue weighted by Crippen LogP contribution is -1.95. The van der Waals surface area contributed by atoms with Crippen molar-refractivity contribution in [1.82, 2.24) is 10.2 Å². The predicted molar refractivity (Wildman–Crippen MR) is 71.6 cm³/mol. The Labute approximate surface area is 117 Å². The van der Waals surface area contributed by atoms with Crippen LogP contribution in [0.25, 0.3) is 11.3 Å². The molecule has 0 aliphatic rings. The van der Waals surface area contributed by atoms with Crippen LogP contribution in [0.15, 0.2) is 16.6 Å². The van der Waals surface area contributed by atoms with Gasteiger partial charge in [0.05, 0.1) is 17.3 Å². The van der Waals surface area contributed by atoms with Crippen LogP contribution in [-0.2, 0) is 0 Å². The quantitative estimate of drug-likeness (QED) is 0.805. The molecule has 0 aliphatic heterocycles. The molecule has 3 N–H and O–H groups in total. The second-order valence-corrected chi connectivity index (χ2v) is 4.70. The van der Waals surface area contributed by atoms with Crippen molar-refractivity contribution in [3.8, 4) is 22.8 Å². The van der Waals surface area contributed by atoms with Crippen molar-refractivity contribution in [2.24, 2.45) is 0 Å². The largest absolute Gasteiger partial charge is 0.503 e. The summed E-state index contributed by atoms with van der Waals surface area (Å²) in [6, 6.07) is 3.06. The zero-order valence-corrected chi connectivity index (χ0v) is 11.8. The number of nitrogens with one attached hydrogen (secondary N) is 1. The summed E-state index contributed by atoms with van der Waals surface area (Å²) in [6.07, 6.45) is 0. The highest BCUT2D eigenvalue weighted by atomic mass is 79.9. The summed E-state index contributed by atoms with van der Waals surface area (Å²) in [4.78, 5) is 10.8. The summed E-state index contributed by atoms with van der Waals surface area (Å²) in [6.45, 7) is 1.82. The van der Waals surface area contributed by atoms with Gasteiger partial charge in [-0.25, -0.2) is 4.79 Å². The third-order valence-corrected chi connectivity index (χ3v) is 3.46. The van der Waals surface area contributed by atoms with E-state index in [1.807, 2.05) is 6.92 Å². The van der Waals surface area contributed by atoms with Crippen molar-refractivity contribution < 1.29 is 19.7 Å². The van der Waals surface area contributed by atoms with Crippen molar-refractivity contribution in [3.05, 3.63) is 27.9 Å². The Kier molecular flexibility index (Phi) is 3.48. The highest BCUT2D eigenvalue weighted by Crippen LogP contribution is 2.43. The van der Waals surface area contributed by atoms with E-state index in [9.17, 15) is 9.90 Å². The van der Waals surface area contributed by atoms with Gasteiger partial charge in [0.25, 0.3) is 0 Å². The molecule has 0 unspecified atom stereocenters. The fourth-order valence-corrected chi connectivity index (χ4v) is 2.48. The van der Waals surface area contributed by atoms with Gasteiger partial charge in [-0.2, -0.15) is 5.10 Å². The number of ether oxygens (including phenoxy) is 1. The first kappa shape index (κ1) is 13.4. The van der Waals surface area contributed by atoms with Gasteiger partial charge in [-0.1, -0.05) is 0 Å². The number of benzene rings is 1. The van der Waals surface area contributed by atoms with Crippen LogP contribution < -0.4 is 4.74 Å². The monoisotopic (exact) mass is 326 g/mol. The number of rotatable bonds is 3. The molecular weight excluding hydrogens is 316 g/mol. The van der Waals surface area contributed by atoms with Gasteiger partial charge in [-0.05, 0) is 40.5 Å². The number of nitrogens with zero attached hydrogens (tertiary/aromatic N) is 1. The number of H-pyrrole nitrogens is 1. The fraction of sp³-hybridized carbons (Fsp3) is 0.167. The maximum Gasteiger partial charge on any atom is 0.353 e. The SMILES string of the molecule is COc1cc(C)c(-c2cc(C(=O)O)[nH]n2)c(Br)c1O. The van der Waals surface area contributed by atoms with Gasteiger partial charge >= 0.3 is 5.97 Å². The highest BCUT2D eigenvalue weighted by Gasteiger charge is 2.19. The minimum Gasteiger partial charge on any atom is -0.503 e.